The van der Waals surface area contributed by atoms with Crippen molar-refractivity contribution < 1.29 is 0 Å². The largest absolute Gasteiger partial charge is 0.355 e. The number of piperidine rings is 1. The molecule has 1 aromatic carbocycles. The lowest BCUT2D eigenvalue weighted by molar-refractivity contribution is 0.497. The second-order valence-electron chi connectivity index (χ2n) is 5.11. The van der Waals surface area contributed by atoms with Crippen LogP contribution in [-0.2, 0) is 0 Å². The number of benzene rings is 1. The number of hydrogen-bond acceptors (Lipinski definition) is 4. The van der Waals surface area contributed by atoms with E-state index >= 15 is 0 Å². The quantitative estimate of drug-likeness (QED) is 0.923. The molecule has 2 heterocycles. The predicted molar refractivity (Wildman–Crippen MR) is 81.9 cm³/mol. The number of nitrogens with two attached hydrogens (primary N) is 1. The molecule has 0 radical (unpaired) electrons. The fourth-order valence-corrected chi connectivity index (χ4v) is 2.52. The van der Waals surface area contributed by atoms with Crippen LogP contribution in [0.25, 0.3) is 11.3 Å². The highest BCUT2D eigenvalue weighted by atomic mass is 35.5. The van der Waals surface area contributed by atoms with Crippen LogP contribution in [0.1, 0.15) is 12.8 Å². The Morgan fingerprint density at radius 1 is 1.00 bits per heavy atom. The Bertz CT molecular complexity index is 559. The molecule has 1 fully saturated rings. The summed E-state index contributed by atoms with van der Waals surface area (Å²) in [6, 6.07) is 12.0. The van der Waals surface area contributed by atoms with Crippen LogP contribution >= 0.6 is 11.6 Å². The Balaban J connectivity index is 1.76. The van der Waals surface area contributed by atoms with Gasteiger partial charge in [0.25, 0.3) is 0 Å². The average Bonchev–Trinajstić information content (AvgIpc) is 2.49. The first kappa shape index (κ1) is 13.3. The third-order valence-electron chi connectivity index (χ3n) is 3.65. The smallest absolute Gasteiger partial charge is 0.151 e. The van der Waals surface area contributed by atoms with E-state index in [1.165, 1.54) is 0 Å². The monoisotopic (exact) mass is 288 g/mol. The molecular formula is C15H17ClN4. The SMILES string of the molecule is NC1CCN(c2ccc(-c3ccc(Cl)cc3)nn2)CC1. The zero-order valence-electron chi connectivity index (χ0n) is 11.2. The third kappa shape index (κ3) is 2.92. The van der Waals surface area contributed by atoms with Crippen molar-refractivity contribution >= 4 is 17.4 Å². The van der Waals surface area contributed by atoms with Gasteiger partial charge in [-0.2, -0.15) is 0 Å². The molecule has 1 aliphatic heterocycles. The van der Waals surface area contributed by atoms with Crippen molar-refractivity contribution in [2.45, 2.75) is 18.9 Å². The average molecular weight is 289 g/mol. The van der Waals surface area contributed by atoms with Crippen LogP contribution in [-0.4, -0.2) is 29.3 Å². The molecule has 4 nitrogen and oxygen atoms in total. The van der Waals surface area contributed by atoms with Gasteiger partial charge in [-0.25, -0.2) is 0 Å². The van der Waals surface area contributed by atoms with E-state index in [9.17, 15) is 0 Å². The number of rotatable bonds is 2. The first-order valence-corrected chi connectivity index (χ1v) is 7.20. The predicted octanol–water partition coefficient (Wildman–Crippen LogP) is 2.72. The van der Waals surface area contributed by atoms with E-state index in [2.05, 4.69) is 15.1 Å². The lowest BCUT2D eigenvalue weighted by Gasteiger charge is -2.30. The van der Waals surface area contributed by atoms with E-state index in [1.807, 2.05) is 36.4 Å². The van der Waals surface area contributed by atoms with Crippen LogP contribution in [0.15, 0.2) is 36.4 Å². The number of anilines is 1. The van der Waals surface area contributed by atoms with Gasteiger partial charge in [-0.05, 0) is 37.1 Å². The molecule has 0 bridgehead atoms. The van der Waals surface area contributed by atoms with Crippen molar-refractivity contribution in [1.29, 1.82) is 0 Å². The van der Waals surface area contributed by atoms with E-state index in [4.69, 9.17) is 17.3 Å². The summed E-state index contributed by atoms with van der Waals surface area (Å²) < 4.78 is 0. The summed E-state index contributed by atoms with van der Waals surface area (Å²) in [7, 11) is 0. The second-order valence-corrected chi connectivity index (χ2v) is 5.54. The molecule has 0 atom stereocenters. The van der Waals surface area contributed by atoms with Gasteiger partial charge < -0.3 is 10.6 Å². The molecule has 1 aromatic heterocycles. The van der Waals surface area contributed by atoms with Crippen LogP contribution in [0.3, 0.4) is 0 Å². The van der Waals surface area contributed by atoms with E-state index in [-0.39, 0.29) is 0 Å². The van der Waals surface area contributed by atoms with Gasteiger partial charge in [0.05, 0.1) is 5.69 Å². The molecule has 20 heavy (non-hydrogen) atoms. The maximum atomic E-state index is 5.91. The summed E-state index contributed by atoms with van der Waals surface area (Å²) in [5.41, 5.74) is 7.80. The van der Waals surface area contributed by atoms with Gasteiger partial charge in [0.1, 0.15) is 0 Å². The molecule has 5 heteroatoms. The molecule has 2 N–H and O–H groups in total. The highest BCUT2D eigenvalue weighted by Gasteiger charge is 2.17. The van der Waals surface area contributed by atoms with Gasteiger partial charge in [0.2, 0.25) is 0 Å². The van der Waals surface area contributed by atoms with Crippen LogP contribution in [0.5, 0.6) is 0 Å². The Labute approximate surface area is 123 Å². The topological polar surface area (TPSA) is 55.0 Å². The highest BCUT2D eigenvalue weighted by Crippen LogP contribution is 2.22. The van der Waals surface area contributed by atoms with E-state index < -0.39 is 0 Å². The summed E-state index contributed by atoms with van der Waals surface area (Å²) in [5, 5.41) is 9.36. The highest BCUT2D eigenvalue weighted by molar-refractivity contribution is 6.30. The minimum absolute atomic E-state index is 0.326. The van der Waals surface area contributed by atoms with Crippen LogP contribution in [0.2, 0.25) is 5.02 Å². The Hall–Kier alpha value is -1.65. The molecular weight excluding hydrogens is 272 g/mol. The zero-order valence-corrected chi connectivity index (χ0v) is 11.9. The molecule has 0 amide bonds. The molecule has 1 saturated heterocycles. The van der Waals surface area contributed by atoms with Gasteiger partial charge in [0, 0.05) is 29.7 Å². The van der Waals surface area contributed by atoms with E-state index in [0.717, 1.165) is 48.0 Å². The zero-order chi connectivity index (χ0) is 13.9. The number of hydrogen-bond donors (Lipinski definition) is 1. The van der Waals surface area contributed by atoms with Gasteiger partial charge in [-0.3, -0.25) is 0 Å². The molecule has 0 aliphatic carbocycles. The van der Waals surface area contributed by atoms with Crippen molar-refractivity contribution in [1.82, 2.24) is 10.2 Å². The minimum Gasteiger partial charge on any atom is -0.355 e. The summed E-state index contributed by atoms with van der Waals surface area (Å²) in [4.78, 5) is 2.24. The maximum absolute atomic E-state index is 5.91. The molecule has 1 aliphatic rings. The molecule has 0 unspecified atom stereocenters. The van der Waals surface area contributed by atoms with Gasteiger partial charge >= 0.3 is 0 Å². The van der Waals surface area contributed by atoms with Crippen molar-refractivity contribution in [2.75, 3.05) is 18.0 Å². The second kappa shape index (κ2) is 5.77. The van der Waals surface area contributed by atoms with Crippen LogP contribution < -0.4 is 10.6 Å². The summed E-state index contributed by atoms with van der Waals surface area (Å²) in [5.74, 6) is 0.926. The Morgan fingerprint density at radius 3 is 2.30 bits per heavy atom. The normalized spacial score (nSPS) is 16.4. The fourth-order valence-electron chi connectivity index (χ4n) is 2.40. The lowest BCUT2D eigenvalue weighted by atomic mass is 10.1. The number of aromatic nitrogens is 2. The summed E-state index contributed by atoms with van der Waals surface area (Å²) >= 11 is 5.88. The lowest BCUT2D eigenvalue weighted by Crippen LogP contribution is -2.40. The van der Waals surface area contributed by atoms with E-state index in [0.29, 0.717) is 6.04 Å². The van der Waals surface area contributed by atoms with E-state index in [1.54, 1.807) is 0 Å². The molecule has 0 spiro atoms. The first-order chi connectivity index (χ1) is 9.72. The molecule has 2 aromatic rings. The van der Waals surface area contributed by atoms with Crippen molar-refractivity contribution in [2.24, 2.45) is 5.73 Å². The maximum Gasteiger partial charge on any atom is 0.151 e. The van der Waals surface area contributed by atoms with Crippen LogP contribution in [0.4, 0.5) is 5.82 Å². The third-order valence-corrected chi connectivity index (χ3v) is 3.91. The molecule has 3 rings (SSSR count). The molecule has 0 saturated carbocycles. The molecule has 104 valence electrons. The summed E-state index contributed by atoms with van der Waals surface area (Å²) in [6.07, 6.45) is 2.03. The Kier molecular flexibility index (Phi) is 3.85. The standard InChI is InChI=1S/C15H17ClN4/c16-12-3-1-11(2-4-12)14-5-6-15(19-18-14)20-9-7-13(17)8-10-20/h1-6,13H,7-10,17H2. The van der Waals surface area contributed by atoms with Gasteiger partial charge in [-0.15, -0.1) is 10.2 Å². The minimum atomic E-state index is 0.326. The van der Waals surface area contributed by atoms with Crippen molar-refractivity contribution in [3.05, 3.63) is 41.4 Å². The van der Waals surface area contributed by atoms with Crippen molar-refractivity contribution in [3.8, 4) is 11.3 Å². The fraction of sp³-hybridized carbons (Fsp3) is 0.333. The number of nitrogens with zero attached hydrogens (tertiary/aromatic N) is 3. The van der Waals surface area contributed by atoms with Crippen molar-refractivity contribution in [3.63, 3.8) is 0 Å². The summed E-state index contributed by atoms with van der Waals surface area (Å²) in [6.45, 7) is 1.91. The van der Waals surface area contributed by atoms with Gasteiger partial charge in [0.15, 0.2) is 5.82 Å². The van der Waals surface area contributed by atoms with Crippen LogP contribution in [0, 0.1) is 0 Å². The first-order valence-electron chi connectivity index (χ1n) is 6.82. The van der Waals surface area contributed by atoms with Gasteiger partial charge in [-0.1, -0.05) is 23.7 Å². The number of halogens is 1. The Morgan fingerprint density at radius 2 is 1.70 bits per heavy atom.